The number of pyridine rings is 1. The van der Waals surface area contributed by atoms with Crippen LogP contribution in [0.4, 0.5) is 0 Å². The van der Waals surface area contributed by atoms with Crippen molar-refractivity contribution in [2.24, 2.45) is 0 Å². The van der Waals surface area contributed by atoms with Gasteiger partial charge in [0, 0.05) is 31.9 Å². The highest BCUT2D eigenvalue weighted by atomic mass is 16.8. The molecule has 2 saturated heterocycles. The third-order valence-electron chi connectivity index (χ3n) is 7.05. The van der Waals surface area contributed by atoms with Gasteiger partial charge in [0.1, 0.15) is 11.5 Å². The molecule has 3 atom stereocenters. The number of ether oxygens (including phenoxy) is 4. The van der Waals surface area contributed by atoms with Crippen molar-refractivity contribution in [3.63, 3.8) is 0 Å². The lowest BCUT2D eigenvalue weighted by atomic mass is 9.88. The Bertz CT molecular complexity index is 1280. The van der Waals surface area contributed by atoms with E-state index in [0.29, 0.717) is 38.3 Å². The van der Waals surface area contributed by atoms with Gasteiger partial charge in [-0.05, 0) is 65.4 Å². The fourth-order valence-corrected chi connectivity index (χ4v) is 5.00. The average Bonchev–Trinajstić information content (AvgIpc) is 3.02. The number of methoxy groups -OCH3 is 1. The number of hydrogen-bond donors (Lipinski definition) is 2. The molecule has 0 radical (unpaired) electrons. The Morgan fingerprint density at radius 3 is 2.37 bits per heavy atom. The number of aromatic nitrogens is 1. The Kier molecular flexibility index (Phi) is 7.46. The first kappa shape index (κ1) is 25.9. The zero-order valence-corrected chi connectivity index (χ0v) is 21.0. The average molecular weight is 523 g/mol. The second-order valence-corrected chi connectivity index (χ2v) is 9.48. The molecule has 2 fully saturated rings. The number of carbonyl (C=O) groups is 2. The molecule has 0 aliphatic carbocycles. The van der Waals surface area contributed by atoms with Crippen LogP contribution in [-0.2, 0) is 19.1 Å². The molecule has 3 aromatic rings. The van der Waals surface area contributed by atoms with Crippen LogP contribution in [0.15, 0.2) is 60.9 Å². The van der Waals surface area contributed by atoms with Crippen LogP contribution in [-0.4, -0.2) is 77.0 Å². The van der Waals surface area contributed by atoms with E-state index in [4.69, 9.17) is 18.9 Å². The Labute approximate surface area is 219 Å². The van der Waals surface area contributed by atoms with Crippen LogP contribution < -0.4 is 9.47 Å². The monoisotopic (exact) mass is 522 g/mol. The molecule has 2 aliphatic rings. The van der Waals surface area contributed by atoms with Crippen LogP contribution in [0.25, 0.3) is 10.8 Å². The van der Waals surface area contributed by atoms with Crippen LogP contribution in [0.5, 0.6) is 11.5 Å². The molecule has 10 heteroatoms. The molecule has 0 amide bonds. The first-order chi connectivity index (χ1) is 18.4. The summed E-state index contributed by atoms with van der Waals surface area (Å²) in [4.78, 5) is 31.0. The highest BCUT2D eigenvalue weighted by Gasteiger charge is 2.54. The molecule has 2 aromatic carbocycles. The third kappa shape index (κ3) is 5.28. The standard InChI is InChI=1S/C28H30N2O8/c1-35-22-7-5-19-15-23(8-6-18(19)14-22)36-13-3-11-30-12-9-20(21-4-2-10-29-17-21)16-28(30)37-26(33)24(31)25(32)27(34)38-28/h2,4-8,10,14-15,17,20,24-25,31-32H,3,9,11-13,16H2,1H3. The summed E-state index contributed by atoms with van der Waals surface area (Å²) < 4.78 is 22.4. The summed E-state index contributed by atoms with van der Waals surface area (Å²) in [5.74, 6) is -2.58. The number of aliphatic hydroxyl groups is 2. The molecule has 1 aromatic heterocycles. The van der Waals surface area contributed by atoms with E-state index in [-0.39, 0.29) is 12.3 Å². The summed E-state index contributed by atoms with van der Waals surface area (Å²) in [6.07, 6.45) is 0.760. The Morgan fingerprint density at radius 1 is 1.03 bits per heavy atom. The van der Waals surface area contributed by atoms with E-state index >= 15 is 0 Å². The van der Waals surface area contributed by atoms with Gasteiger partial charge in [-0.3, -0.25) is 4.98 Å². The molecule has 5 rings (SSSR count). The van der Waals surface area contributed by atoms with Crippen molar-refractivity contribution in [1.29, 1.82) is 0 Å². The molecular formula is C28H30N2O8. The predicted octanol–water partition coefficient (Wildman–Crippen LogP) is 2.37. The van der Waals surface area contributed by atoms with Crippen LogP contribution >= 0.6 is 0 Å². The van der Waals surface area contributed by atoms with Crippen LogP contribution in [0.3, 0.4) is 0 Å². The maximum Gasteiger partial charge on any atom is 0.342 e. The molecule has 2 aliphatic heterocycles. The van der Waals surface area contributed by atoms with Gasteiger partial charge < -0.3 is 29.2 Å². The zero-order chi connectivity index (χ0) is 26.7. The van der Waals surface area contributed by atoms with Gasteiger partial charge in [-0.1, -0.05) is 18.2 Å². The topological polar surface area (TPSA) is 128 Å². The zero-order valence-electron chi connectivity index (χ0n) is 21.0. The van der Waals surface area contributed by atoms with Gasteiger partial charge in [-0.25, -0.2) is 14.5 Å². The van der Waals surface area contributed by atoms with Crippen LogP contribution in [0.1, 0.15) is 30.7 Å². The predicted molar refractivity (Wildman–Crippen MR) is 135 cm³/mol. The number of carbonyl (C=O) groups excluding carboxylic acids is 2. The van der Waals surface area contributed by atoms with E-state index in [9.17, 15) is 19.8 Å². The quantitative estimate of drug-likeness (QED) is 0.353. The lowest BCUT2D eigenvalue weighted by molar-refractivity contribution is -0.299. The molecule has 10 nitrogen and oxygen atoms in total. The van der Waals surface area contributed by atoms with Gasteiger partial charge in [-0.2, -0.15) is 0 Å². The first-order valence-electron chi connectivity index (χ1n) is 12.6. The number of nitrogens with zero attached hydrogens (tertiary/aromatic N) is 2. The van der Waals surface area contributed by atoms with E-state index in [1.165, 1.54) is 0 Å². The largest absolute Gasteiger partial charge is 0.497 e. The summed E-state index contributed by atoms with van der Waals surface area (Å²) in [6, 6.07) is 15.3. The minimum atomic E-state index is -2.02. The number of aliphatic hydroxyl groups excluding tert-OH is 2. The first-order valence-corrected chi connectivity index (χ1v) is 12.6. The minimum Gasteiger partial charge on any atom is -0.497 e. The van der Waals surface area contributed by atoms with E-state index < -0.39 is 30.1 Å². The molecule has 200 valence electrons. The molecule has 1 spiro atoms. The van der Waals surface area contributed by atoms with Crippen LogP contribution in [0, 0.1) is 0 Å². The van der Waals surface area contributed by atoms with Crippen molar-refractivity contribution in [1.82, 2.24) is 9.88 Å². The highest BCUT2D eigenvalue weighted by molar-refractivity contribution is 5.87. The third-order valence-corrected chi connectivity index (χ3v) is 7.05. The van der Waals surface area contributed by atoms with Gasteiger partial charge in [0.25, 0.3) is 0 Å². The van der Waals surface area contributed by atoms with Crippen molar-refractivity contribution in [3.8, 4) is 11.5 Å². The SMILES string of the molecule is COc1ccc2cc(OCCCN3CCC(c4cccnc4)CC34OC(=O)C(O)C(O)C(=O)O4)ccc2c1. The number of likely N-dealkylation sites (tertiary alicyclic amines) is 1. The summed E-state index contributed by atoms with van der Waals surface area (Å²) in [7, 11) is 1.63. The highest BCUT2D eigenvalue weighted by Crippen LogP contribution is 2.41. The number of fused-ring (bicyclic) bond motifs is 1. The van der Waals surface area contributed by atoms with Gasteiger partial charge in [0.05, 0.1) is 13.7 Å². The van der Waals surface area contributed by atoms with Gasteiger partial charge in [0.15, 0.2) is 12.2 Å². The van der Waals surface area contributed by atoms with Crippen molar-refractivity contribution in [2.45, 2.75) is 43.3 Å². The summed E-state index contributed by atoms with van der Waals surface area (Å²) in [5, 5.41) is 22.1. The molecule has 2 N–H and O–H groups in total. The second kappa shape index (κ2) is 10.9. The Hall–Kier alpha value is -3.73. The fourth-order valence-electron chi connectivity index (χ4n) is 5.00. The van der Waals surface area contributed by atoms with E-state index in [1.54, 1.807) is 24.4 Å². The molecule has 0 saturated carbocycles. The van der Waals surface area contributed by atoms with Gasteiger partial charge >= 0.3 is 17.8 Å². The molecule has 38 heavy (non-hydrogen) atoms. The summed E-state index contributed by atoms with van der Waals surface area (Å²) in [6.45, 7) is 1.20. The van der Waals surface area contributed by atoms with E-state index in [1.807, 2.05) is 48.5 Å². The number of esters is 2. The second-order valence-electron chi connectivity index (χ2n) is 9.48. The number of rotatable bonds is 7. The van der Waals surface area contributed by atoms with E-state index in [0.717, 1.165) is 22.1 Å². The Balaban J connectivity index is 1.28. The Morgan fingerprint density at radius 2 is 1.71 bits per heavy atom. The lowest BCUT2D eigenvalue weighted by Crippen LogP contribution is -2.58. The van der Waals surface area contributed by atoms with Crippen molar-refractivity contribution < 1.29 is 38.7 Å². The van der Waals surface area contributed by atoms with Gasteiger partial charge in [0.2, 0.25) is 0 Å². The minimum absolute atomic E-state index is 0.111. The summed E-state index contributed by atoms with van der Waals surface area (Å²) in [5.41, 5.74) is 0.918. The summed E-state index contributed by atoms with van der Waals surface area (Å²) >= 11 is 0. The maximum atomic E-state index is 12.6. The van der Waals surface area contributed by atoms with Gasteiger partial charge in [-0.15, -0.1) is 0 Å². The van der Waals surface area contributed by atoms with E-state index in [2.05, 4.69) is 4.98 Å². The number of benzene rings is 2. The van der Waals surface area contributed by atoms with Crippen molar-refractivity contribution in [2.75, 3.05) is 26.8 Å². The van der Waals surface area contributed by atoms with Crippen LogP contribution in [0.2, 0.25) is 0 Å². The normalized spacial score (nSPS) is 26.0. The smallest absolute Gasteiger partial charge is 0.342 e. The number of hydrogen-bond acceptors (Lipinski definition) is 10. The van der Waals surface area contributed by atoms with Crippen molar-refractivity contribution >= 4 is 22.7 Å². The molecule has 0 bridgehead atoms. The molecular weight excluding hydrogens is 492 g/mol. The van der Waals surface area contributed by atoms with Crippen molar-refractivity contribution in [3.05, 3.63) is 66.5 Å². The number of piperidine rings is 1. The molecule has 3 unspecified atom stereocenters. The maximum absolute atomic E-state index is 12.6. The molecule has 3 heterocycles. The fraction of sp³-hybridized carbons (Fsp3) is 0.393. The lowest BCUT2D eigenvalue weighted by Gasteiger charge is -2.46.